The first kappa shape index (κ1) is 15.0. The Morgan fingerprint density at radius 2 is 2.14 bits per heavy atom. The maximum Gasteiger partial charge on any atom is 0.305 e. The third-order valence-electron chi connectivity index (χ3n) is 3.57. The Bertz CT molecular complexity index is 595. The zero-order valence-electron chi connectivity index (χ0n) is 11.5. The van der Waals surface area contributed by atoms with E-state index >= 15 is 0 Å². The maximum absolute atomic E-state index is 12.2. The number of hydrogen-bond donors (Lipinski definition) is 2. The van der Waals surface area contributed by atoms with Crippen LogP contribution in [0.5, 0.6) is 0 Å². The van der Waals surface area contributed by atoms with Gasteiger partial charge >= 0.3 is 5.97 Å². The molecule has 0 radical (unpaired) electrons. The Morgan fingerprint density at radius 3 is 2.67 bits per heavy atom. The molecule has 1 aliphatic carbocycles. The second-order valence-corrected chi connectivity index (χ2v) is 5.24. The van der Waals surface area contributed by atoms with E-state index < -0.39 is 22.8 Å². The predicted octanol–water partition coefficient (Wildman–Crippen LogP) is 1.89. The van der Waals surface area contributed by atoms with Crippen LogP contribution in [0.25, 0.3) is 0 Å². The number of benzene rings is 1. The second-order valence-electron chi connectivity index (χ2n) is 5.24. The molecule has 0 spiro atoms. The van der Waals surface area contributed by atoms with Crippen molar-refractivity contribution in [1.82, 2.24) is 5.32 Å². The normalized spacial score (nSPS) is 15.3. The minimum Gasteiger partial charge on any atom is -0.481 e. The van der Waals surface area contributed by atoms with Crippen molar-refractivity contribution in [3.63, 3.8) is 0 Å². The topological polar surface area (TPSA) is 110 Å². The molecule has 7 heteroatoms. The Balaban J connectivity index is 2.21. The van der Waals surface area contributed by atoms with E-state index in [2.05, 4.69) is 5.32 Å². The molecule has 1 aliphatic rings. The third-order valence-corrected chi connectivity index (χ3v) is 3.57. The van der Waals surface area contributed by atoms with E-state index in [4.69, 9.17) is 5.11 Å². The molecule has 1 amide bonds. The number of carboxylic acid groups (broad SMARTS) is 1. The van der Waals surface area contributed by atoms with Gasteiger partial charge in [0.25, 0.3) is 11.6 Å². The van der Waals surface area contributed by atoms with Crippen molar-refractivity contribution >= 4 is 17.6 Å². The van der Waals surface area contributed by atoms with Gasteiger partial charge in [-0.2, -0.15) is 0 Å². The minimum absolute atomic E-state index is 0.0314. The number of amides is 1. The van der Waals surface area contributed by atoms with Crippen molar-refractivity contribution in [3.05, 3.63) is 39.4 Å². The van der Waals surface area contributed by atoms with Gasteiger partial charge in [0.1, 0.15) is 5.56 Å². The standard InChI is InChI=1S/C14H16N2O5/c1-8-3-2-4-10(13(8)16(20)21)14(19)15-11(7-12(17)18)9-5-6-9/h2-4,9,11H,5-7H2,1H3,(H,15,19)(H,17,18). The highest BCUT2D eigenvalue weighted by molar-refractivity contribution is 5.99. The zero-order valence-corrected chi connectivity index (χ0v) is 11.5. The largest absolute Gasteiger partial charge is 0.481 e. The molecular formula is C14H16N2O5. The van der Waals surface area contributed by atoms with E-state index in [0.29, 0.717) is 5.56 Å². The van der Waals surface area contributed by atoms with Crippen LogP contribution in [-0.2, 0) is 4.79 Å². The summed E-state index contributed by atoms with van der Waals surface area (Å²) in [6, 6.07) is 4.03. The van der Waals surface area contributed by atoms with Crippen molar-refractivity contribution in [3.8, 4) is 0 Å². The lowest BCUT2D eigenvalue weighted by Gasteiger charge is -2.16. The fraction of sp³-hybridized carbons (Fsp3) is 0.429. The summed E-state index contributed by atoms with van der Waals surface area (Å²) in [7, 11) is 0. The lowest BCUT2D eigenvalue weighted by molar-refractivity contribution is -0.385. The number of carbonyl (C=O) groups excluding carboxylic acids is 1. The number of carbonyl (C=O) groups is 2. The monoisotopic (exact) mass is 292 g/mol. The summed E-state index contributed by atoms with van der Waals surface area (Å²) in [5.41, 5.74) is 0.129. The molecule has 2 rings (SSSR count). The summed E-state index contributed by atoms with van der Waals surface area (Å²) >= 11 is 0. The van der Waals surface area contributed by atoms with Gasteiger partial charge in [0, 0.05) is 11.6 Å². The Morgan fingerprint density at radius 1 is 1.48 bits per heavy atom. The zero-order chi connectivity index (χ0) is 15.6. The van der Waals surface area contributed by atoms with Crippen molar-refractivity contribution in [2.45, 2.75) is 32.2 Å². The molecule has 1 saturated carbocycles. The first-order valence-corrected chi connectivity index (χ1v) is 6.66. The van der Waals surface area contributed by atoms with Crippen LogP contribution in [0.15, 0.2) is 18.2 Å². The quantitative estimate of drug-likeness (QED) is 0.614. The lowest BCUT2D eigenvalue weighted by atomic mass is 10.1. The molecule has 0 aliphatic heterocycles. The van der Waals surface area contributed by atoms with E-state index in [-0.39, 0.29) is 23.6 Å². The SMILES string of the molecule is Cc1cccc(C(=O)NC(CC(=O)O)C2CC2)c1[N+](=O)[O-]. The predicted molar refractivity (Wildman–Crippen MR) is 74.1 cm³/mol. The Hall–Kier alpha value is -2.44. The van der Waals surface area contributed by atoms with Crippen molar-refractivity contribution < 1.29 is 19.6 Å². The van der Waals surface area contributed by atoms with Gasteiger partial charge in [0.2, 0.25) is 0 Å². The molecular weight excluding hydrogens is 276 g/mol. The molecule has 0 aromatic heterocycles. The van der Waals surface area contributed by atoms with E-state index in [1.165, 1.54) is 6.07 Å². The number of aliphatic carboxylic acids is 1. The maximum atomic E-state index is 12.2. The molecule has 1 fully saturated rings. The van der Waals surface area contributed by atoms with Crippen LogP contribution in [0, 0.1) is 23.0 Å². The molecule has 0 heterocycles. The average molecular weight is 292 g/mol. The summed E-state index contributed by atoms with van der Waals surface area (Å²) in [6.45, 7) is 1.56. The van der Waals surface area contributed by atoms with E-state index in [0.717, 1.165) is 12.8 Å². The molecule has 1 aromatic carbocycles. The summed E-state index contributed by atoms with van der Waals surface area (Å²) in [6.07, 6.45) is 1.57. The number of nitro benzene ring substituents is 1. The highest BCUT2D eigenvalue weighted by Gasteiger charge is 2.35. The Kier molecular flexibility index (Phi) is 4.21. The highest BCUT2D eigenvalue weighted by Crippen LogP contribution is 2.34. The number of hydrogen-bond acceptors (Lipinski definition) is 4. The van der Waals surface area contributed by atoms with E-state index in [9.17, 15) is 19.7 Å². The minimum atomic E-state index is -0.994. The number of nitro groups is 1. The smallest absolute Gasteiger partial charge is 0.305 e. The fourth-order valence-corrected chi connectivity index (χ4v) is 2.35. The number of rotatable bonds is 6. The van der Waals surface area contributed by atoms with Gasteiger partial charge in [-0.15, -0.1) is 0 Å². The second kappa shape index (κ2) is 5.90. The molecule has 112 valence electrons. The van der Waals surface area contributed by atoms with Crippen LogP contribution < -0.4 is 5.32 Å². The number of para-hydroxylation sites is 1. The first-order chi connectivity index (χ1) is 9.90. The van der Waals surface area contributed by atoms with Gasteiger partial charge in [-0.1, -0.05) is 12.1 Å². The molecule has 1 atom stereocenters. The van der Waals surface area contributed by atoms with Crippen LogP contribution in [-0.4, -0.2) is 27.9 Å². The van der Waals surface area contributed by atoms with Crippen LogP contribution in [0.4, 0.5) is 5.69 Å². The molecule has 0 saturated heterocycles. The molecule has 21 heavy (non-hydrogen) atoms. The van der Waals surface area contributed by atoms with Gasteiger partial charge < -0.3 is 10.4 Å². The van der Waals surface area contributed by atoms with E-state index in [1.54, 1.807) is 19.1 Å². The number of nitrogens with one attached hydrogen (secondary N) is 1. The third kappa shape index (κ3) is 3.56. The van der Waals surface area contributed by atoms with Crippen molar-refractivity contribution in [2.75, 3.05) is 0 Å². The van der Waals surface area contributed by atoms with Crippen LogP contribution in [0.3, 0.4) is 0 Å². The molecule has 1 unspecified atom stereocenters. The number of aryl methyl sites for hydroxylation is 1. The highest BCUT2D eigenvalue weighted by atomic mass is 16.6. The number of nitrogens with zero attached hydrogens (tertiary/aromatic N) is 1. The van der Waals surface area contributed by atoms with Gasteiger partial charge in [-0.05, 0) is 31.7 Å². The van der Waals surface area contributed by atoms with Gasteiger partial charge in [0.05, 0.1) is 11.3 Å². The van der Waals surface area contributed by atoms with Crippen LogP contribution in [0.1, 0.15) is 35.2 Å². The summed E-state index contributed by atoms with van der Waals surface area (Å²) < 4.78 is 0. The number of carboxylic acids is 1. The lowest BCUT2D eigenvalue weighted by Crippen LogP contribution is -2.38. The molecule has 2 N–H and O–H groups in total. The Labute approximate surface area is 121 Å². The summed E-state index contributed by atoms with van der Waals surface area (Å²) in [4.78, 5) is 33.6. The average Bonchev–Trinajstić information content (AvgIpc) is 3.20. The fourth-order valence-electron chi connectivity index (χ4n) is 2.35. The van der Waals surface area contributed by atoms with Gasteiger partial charge in [-0.25, -0.2) is 0 Å². The molecule has 7 nitrogen and oxygen atoms in total. The van der Waals surface area contributed by atoms with Crippen LogP contribution in [0.2, 0.25) is 0 Å². The van der Waals surface area contributed by atoms with Crippen molar-refractivity contribution in [1.29, 1.82) is 0 Å². The van der Waals surface area contributed by atoms with Gasteiger partial charge in [-0.3, -0.25) is 19.7 Å². The molecule has 1 aromatic rings. The first-order valence-electron chi connectivity index (χ1n) is 6.66. The van der Waals surface area contributed by atoms with Crippen molar-refractivity contribution in [2.24, 2.45) is 5.92 Å². The molecule has 0 bridgehead atoms. The van der Waals surface area contributed by atoms with E-state index in [1.807, 2.05) is 0 Å². The summed E-state index contributed by atoms with van der Waals surface area (Å²) in [5, 5.41) is 22.6. The van der Waals surface area contributed by atoms with Gasteiger partial charge in [0.15, 0.2) is 0 Å². The summed E-state index contributed by atoms with van der Waals surface area (Å²) in [5.74, 6) is -1.44. The van der Waals surface area contributed by atoms with Crippen LogP contribution >= 0.6 is 0 Å².